The Morgan fingerprint density at radius 3 is 2.50 bits per heavy atom. The van der Waals surface area contributed by atoms with E-state index >= 15 is 0 Å². The van der Waals surface area contributed by atoms with Crippen LogP contribution in [0, 0.1) is 0 Å². The van der Waals surface area contributed by atoms with Crippen molar-refractivity contribution in [3.8, 4) is 5.69 Å². The van der Waals surface area contributed by atoms with Crippen molar-refractivity contribution in [2.24, 2.45) is 0 Å². The average Bonchev–Trinajstić information content (AvgIpc) is 3.47. The fourth-order valence-electron chi connectivity index (χ4n) is 2.77. The minimum atomic E-state index is -0.309. The molecule has 30 heavy (non-hydrogen) atoms. The molecule has 8 heteroatoms. The van der Waals surface area contributed by atoms with Crippen molar-refractivity contribution in [2.75, 3.05) is 5.32 Å². The van der Waals surface area contributed by atoms with E-state index in [2.05, 4.69) is 27.5 Å². The number of aryl methyl sites for hydroxylation is 1. The van der Waals surface area contributed by atoms with Crippen LogP contribution >= 0.6 is 22.9 Å². The zero-order valence-corrected chi connectivity index (χ0v) is 17.7. The number of carbonyl (C=O) groups excluding carboxylic acids is 1. The molecule has 6 nitrogen and oxygen atoms in total. The molecule has 0 unspecified atom stereocenters. The van der Waals surface area contributed by atoms with Crippen molar-refractivity contribution in [1.29, 1.82) is 0 Å². The first-order valence-electron chi connectivity index (χ1n) is 9.34. The third-order valence-corrected chi connectivity index (χ3v) is 5.75. The molecule has 1 amide bonds. The first-order chi connectivity index (χ1) is 14.6. The lowest BCUT2D eigenvalue weighted by Crippen LogP contribution is -2.11. The summed E-state index contributed by atoms with van der Waals surface area (Å²) in [6.45, 7) is 2.08. The number of benzene rings is 2. The molecular weight excluding hydrogens is 418 g/mol. The van der Waals surface area contributed by atoms with Gasteiger partial charge in [0.1, 0.15) is 0 Å². The fraction of sp³-hybridized carbons (Fsp3) is 0.0909. The summed E-state index contributed by atoms with van der Waals surface area (Å²) in [6.07, 6.45) is 6.35. The highest BCUT2D eigenvalue weighted by Gasteiger charge is 2.15. The Morgan fingerprint density at radius 1 is 1.10 bits per heavy atom. The van der Waals surface area contributed by atoms with Crippen LogP contribution in [0.5, 0.6) is 0 Å². The molecule has 0 radical (unpaired) electrons. The Labute approximate surface area is 182 Å². The van der Waals surface area contributed by atoms with Crippen LogP contribution in [-0.4, -0.2) is 25.9 Å². The summed E-state index contributed by atoms with van der Waals surface area (Å²) in [5.74, 6) is -0.309. The molecule has 4 rings (SSSR count). The summed E-state index contributed by atoms with van der Waals surface area (Å²) in [5.41, 5.74) is 3.79. The molecule has 4 aromatic rings. The lowest BCUT2D eigenvalue weighted by Gasteiger charge is -2.03. The second kappa shape index (κ2) is 9.02. The molecular formula is C22H18ClN5OS. The van der Waals surface area contributed by atoms with E-state index in [0.29, 0.717) is 15.7 Å². The number of carbonyl (C=O) groups is 1. The second-order valence-electron chi connectivity index (χ2n) is 6.45. The van der Waals surface area contributed by atoms with Crippen molar-refractivity contribution in [3.63, 3.8) is 0 Å². The molecule has 150 valence electrons. The van der Waals surface area contributed by atoms with E-state index in [4.69, 9.17) is 11.6 Å². The second-order valence-corrected chi connectivity index (χ2v) is 7.84. The lowest BCUT2D eigenvalue weighted by molar-refractivity contribution is 0.102. The molecule has 0 spiro atoms. The SMILES string of the molecule is CCc1ccc(NC(=O)c2nnc(/C(Cl)=C/c3ccc(-n4cccn4)cc3)s2)cc1. The fourth-order valence-corrected chi connectivity index (χ4v) is 3.70. The van der Waals surface area contributed by atoms with E-state index < -0.39 is 0 Å². The van der Waals surface area contributed by atoms with Crippen molar-refractivity contribution in [2.45, 2.75) is 13.3 Å². The summed E-state index contributed by atoms with van der Waals surface area (Å²) in [4.78, 5) is 12.4. The molecule has 0 aliphatic heterocycles. The Morgan fingerprint density at radius 2 is 1.83 bits per heavy atom. The summed E-state index contributed by atoms with van der Waals surface area (Å²) in [7, 11) is 0. The predicted octanol–water partition coefficient (Wildman–Crippen LogP) is 5.28. The third-order valence-electron chi connectivity index (χ3n) is 4.40. The average molecular weight is 436 g/mol. The number of halogens is 1. The van der Waals surface area contributed by atoms with Gasteiger partial charge in [-0.25, -0.2) is 4.68 Å². The van der Waals surface area contributed by atoms with Gasteiger partial charge in [0.2, 0.25) is 5.01 Å². The highest BCUT2D eigenvalue weighted by Crippen LogP contribution is 2.26. The van der Waals surface area contributed by atoms with Crippen LogP contribution in [0.4, 0.5) is 5.69 Å². The number of rotatable bonds is 6. The minimum Gasteiger partial charge on any atom is -0.320 e. The van der Waals surface area contributed by atoms with Crippen molar-refractivity contribution < 1.29 is 4.79 Å². The number of amides is 1. The van der Waals surface area contributed by atoms with E-state index in [1.165, 1.54) is 5.56 Å². The van der Waals surface area contributed by atoms with Gasteiger partial charge in [-0.2, -0.15) is 5.10 Å². The number of hydrogen-bond acceptors (Lipinski definition) is 5. The summed E-state index contributed by atoms with van der Waals surface area (Å²) < 4.78 is 1.78. The van der Waals surface area contributed by atoms with Gasteiger partial charge in [0.05, 0.1) is 10.7 Å². The van der Waals surface area contributed by atoms with Crippen LogP contribution in [0.15, 0.2) is 67.0 Å². The Balaban J connectivity index is 1.45. The molecule has 2 aromatic heterocycles. The smallest absolute Gasteiger partial charge is 0.286 e. The van der Waals surface area contributed by atoms with Crippen molar-refractivity contribution >= 4 is 45.6 Å². The van der Waals surface area contributed by atoms with Crippen LogP contribution in [0.1, 0.15) is 32.9 Å². The van der Waals surface area contributed by atoms with E-state index in [0.717, 1.165) is 29.0 Å². The van der Waals surface area contributed by atoms with E-state index in [1.54, 1.807) is 17.0 Å². The molecule has 0 saturated heterocycles. The number of hydrogen-bond donors (Lipinski definition) is 1. The largest absolute Gasteiger partial charge is 0.320 e. The number of nitrogens with one attached hydrogen (secondary N) is 1. The van der Waals surface area contributed by atoms with Gasteiger partial charge in [-0.3, -0.25) is 4.79 Å². The predicted molar refractivity (Wildman–Crippen MR) is 121 cm³/mol. The van der Waals surface area contributed by atoms with Gasteiger partial charge in [0.15, 0.2) is 5.01 Å². The zero-order chi connectivity index (χ0) is 20.9. The van der Waals surface area contributed by atoms with Gasteiger partial charge in [0.25, 0.3) is 5.91 Å². The standard InChI is InChI=1S/C22H18ClN5OS/c1-2-15-4-8-17(9-5-15)25-20(29)22-27-26-21(30-22)19(23)14-16-6-10-18(11-7-16)28-13-3-12-24-28/h3-14H,2H2,1H3,(H,25,29)/b19-14-. The first kappa shape index (κ1) is 20.0. The van der Waals surface area contributed by atoms with Crippen molar-refractivity contribution in [3.05, 3.63) is 88.1 Å². The molecule has 0 fully saturated rings. The summed E-state index contributed by atoms with van der Waals surface area (Å²) in [5, 5.41) is 16.2. The number of aromatic nitrogens is 4. The maximum absolute atomic E-state index is 12.4. The van der Waals surface area contributed by atoms with Crippen LogP contribution in [0.25, 0.3) is 16.8 Å². The summed E-state index contributed by atoms with van der Waals surface area (Å²) >= 11 is 7.56. The monoisotopic (exact) mass is 435 g/mol. The first-order valence-corrected chi connectivity index (χ1v) is 10.5. The normalized spacial score (nSPS) is 11.5. The van der Waals surface area contributed by atoms with Gasteiger partial charge in [0, 0.05) is 18.1 Å². The minimum absolute atomic E-state index is 0.255. The molecule has 2 aromatic carbocycles. The van der Waals surface area contributed by atoms with Gasteiger partial charge in [-0.05, 0) is 54.0 Å². The van der Waals surface area contributed by atoms with E-state index in [1.807, 2.05) is 60.8 Å². The Kier molecular flexibility index (Phi) is 6.02. The number of nitrogens with zero attached hydrogens (tertiary/aromatic N) is 4. The maximum atomic E-state index is 12.4. The Hall–Kier alpha value is -3.29. The van der Waals surface area contributed by atoms with E-state index in [9.17, 15) is 4.79 Å². The van der Waals surface area contributed by atoms with Gasteiger partial charge < -0.3 is 5.32 Å². The highest BCUT2D eigenvalue weighted by molar-refractivity contribution is 7.15. The van der Waals surface area contributed by atoms with Crippen LogP contribution < -0.4 is 5.32 Å². The third kappa shape index (κ3) is 4.64. The molecule has 2 heterocycles. The zero-order valence-electron chi connectivity index (χ0n) is 16.1. The lowest BCUT2D eigenvalue weighted by atomic mass is 10.1. The molecule has 0 atom stereocenters. The summed E-state index contributed by atoms with van der Waals surface area (Å²) in [6, 6.07) is 17.4. The van der Waals surface area contributed by atoms with Gasteiger partial charge >= 0.3 is 0 Å². The molecule has 0 saturated carbocycles. The van der Waals surface area contributed by atoms with Crippen LogP contribution in [-0.2, 0) is 6.42 Å². The quantitative estimate of drug-likeness (QED) is 0.447. The Bertz CT molecular complexity index is 1170. The topological polar surface area (TPSA) is 72.7 Å². The maximum Gasteiger partial charge on any atom is 0.286 e. The molecule has 0 bridgehead atoms. The molecule has 0 aliphatic carbocycles. The molecule has 0 aliphatic rings. The van der Waals surface area contributed by atoms with Crippen LogP contribution in [0.3, 0.4) is 0 Å². The van der Waals surface area contributed by atoms with Crippen LogP contribution in [0.2, 0.25) is 0 Å². The van der Waals surface area contributed by atoms with E-state index in [-0.39, 0.29) is 10.9 Å². The highest BCUT2D eigenvalue weighted by atomic mass is 35.5. The van der Waals surface area contributed by atoms with Gasteiger partial charge in [-0.15, -0.1) is 10.2 Å². The number of anilines is 1. The molecule has 1 N–H and O–H groups in total. The van der Waals surface area contributed by atoms with Crippen molar-refractivity contribution in [1.82, 2.24) is 20.0 Å². The van der Waals surface area contributed by atoms with Gasteiger partial charge in [-0.1, -0.05) is 54.1 Å².